The Balaban J connectivity index is 1.59. The molecule has 0 radical (unpaired) electrons. The van der Waals surface area contributed by atoms with Gasteiger partial charge in [-0.1, -0.05) is 52.6 Å². The Kier molecular flexibility index (Phi) is 5.86. The molecule has 1 aliphatic rings. The third-order valence-electron chi connectivity index (χ3n) is 6.08. The number of halogens is 3. The fourth-order valence-corrected chi connectivity index (χ4v) is 7.68. The first kappa shape index (κ1) is 22.4. The summed E-state index contributed by atoms with van der Waals surface area (Å²) in [6, 6.07) is 12.7. The molecule has 0 spiro atoms. The van der Waals surface area contributed by atoms with E-state index in [0.717, 1.165) is 41.5 Å². The fraction of sp³-hybridized carbons (Fsp3) is 0.208. The van der Waals surface area contributed by atoms with Crippen LogP contribution in [0.4, 0.5) is 0 Å². The van der Waals surface area contributed by atoms with Crippen LogP contribution in [0.15, 0.2) is 52.4 Å². The van der Waals surface area contributed by atoms with E-state index in [1.165, 1.54) is 22.2 Å². The van der Waals surface area contributed by atoms with Gasteiger partial charge in [-0.25, -0.2) is 8.97 Å². The second kappa shape index (κ2) is 8.88. The second-order valence-corrected chi connectivity index (χ2v) is 11.4. The molecule has 5 nitrogen and oxygen atoms in total. The van der Waals surface area contributed by atoms with Crippen LogP contribution in [0, 0.1) is 0 Å². The van der Waals surface area contributed by atoms with E-state index in [1.807, 2.05) is 34.7 Å². The summed E-state index contributed by atoms with van der Waals surface area (Å²) < 4.78 is 3.64. The number of aromatic nitrogens is 4. The van der Waals surface area contributed by atoms with Crippen molar-refractivity contribution in [1.29, 1.82) is 0 Å². The summed E-state index contributed by atoms with van der Waals surface area (Å²) in [7, 11) is 0. The molecule has 0 saturated carbocycles. The van der Waals surface area contributed by atoms with Crippen LogP contribution >= 0.6 is 57.9 Å². The van der Waals surface area contributed by atoms with Gasteiger partial charge >= 0.3 is 0 Å². The normalized spacial score (nSPS) is 13.6. The van der Waals surface area contributed by atoms with Crippen molar-refractivity contribution < 1.29 is 0 Å². The predicted molar refractivity (Wildman–Crippen MR) is 142 cm³/mol. The summed E-state index contributed by atoms with van der Waals surface area (Å²) in [5.74, 6) is 1.01. The Morgan fingerprint density at radius 2 is 1.71 bits per heavy atom. The van der Waals surface area contributed by atoms with Gasteiger partial charge in [0, 0.05) is 25.7 Å². The van der Waals surface area contributed by atoms with Crippen molar-refractivity contribution in [2.24, 2.45) is 0 Å². The zero-order chi connectivity index (χ0) is 23.4. The molecule has 0 bridgehead atoms. The van der Waals surface area contributed by atoms with E-state index in [1.54, 1.807) is 28.0 Å². The molecule has 3 heterocycles. The molecule has 0 atom stereocenters. The average Bonchev–Trinajstić information content (AvgIpc) is 3.42. The number of nitrogens with zero attached hydrogens (tertiary/aromatic N) is 4. The number of aryl methyl sites for hydroxylation is 2. The Bertz CT molecular complexity index is 1600. The Hall–Kier alpha value is -2.03. The fourth-order valence-electron chi connectivity index (χ4n) is 4.44. The third kappa shape index (κ3) is 3.65. The molecular weight excluding hydrogens is 531 g/mol. The molecule has 1 aliphatic carbocycles. The van der Waals surface area contributed by atoms with Gasteiger partial charge in [-0.2, -0.15) is 0 Å². The molecule has 5 aromatic rings. The van der Waals surface area contributed by atoms with E-state index >= 15 is 0 Å². The summed E-state index contributed by atoms with van der Waals surface area (Å²) >= 11 is 22.1. The topological polar surface area (TPSA) is 52.2 Å². The molecular formula is C24H17Cl3N4OS2. The van der Waals surface area contributed by atoms with E-state index in [4.69, 9.17) is 34.8 Å². The van der Waals surface area contributed by atoms with Gasteiger partial charge in [-0.15, -0.1) is 21.5 Å². The highest BCUT2D eigenvalue weighted by atomic mass is 35.5. The van der Waals surface area contributed by atoms with Gasteiger partial charge in [0.2, 0.25) is 5.78 Å². The highest BCUT2D eigenvalue weighted by Crippen LogP contribution is 2.38. The summed E-state index contributed by atoms with van der Waals surface area (Å²) in [5, 5.41) is 12.2. The SMILES string of the molecule is O=c1c2c3c(sc2n2c(SCc4c(Cl)cccc4Cl)nnc2n1-c1ccc(Cl)cc1)CCCC3. The first-order valence-electron chi connectivity index (χ1n) is 10.8. The lowest BCUT2D eigenvalue weighted by Crippen LogP contribution is -2.22. The van der Waals surface area contributed by atoms with Crippen LogP contribution in [0.5, 0.6) is 0 Å². The quantitative estimate of drug-likeness (QED) is 0.223. The number of rotatable bonds is 4. The first-order valence-corrected chi connectivity index (χ1v) is 13.7. The molecule has 10 heteroatoms. The number of hydrogen-bond acceptors (Lipinski definition) is 5. The van der Waals surface area contributed by atoms with Crippen LogP contribution in [0.3, 0.4) is 0 Å². The molecule has 34 heavy (non-hydrogen) atoms. The molecule has 0 saturated heterocycles. The molecule has 172 valence electrons. The maximum absolute atomic E-state index is 13.9. The van der Waals surface area contributed by atoms with Gasteiger partial charge in [-0.05, 0) is 73.2 Å². The molecule has 0 unspecified atom stereocenters. The average molecular weight is 548 g/mol. The van der Waals surface area contributed by atoms with Gasteiger partial charge < -0.3 is 0 Å². The van der Waals surface area contributed by atoms with Crippen molar-refractivity contribution in [2.75, 3.05) is 0 Å². The van der Waals surface area contributed by atoms with E-state index in [9.17, 15) is 4.79 Å². The van der Waals surface area contributed by atoms with Gasteiger partial charge in [-0.3, -0.25) is 4.79 Å². The van der Waals surface area contributed by atoms with E-state index < -0.39 is 0 Å². The second-order valence-electron chi connectivity index (χ2n) is 8.11. The molecule has 0 aliphatic heterocycles. The third-order valence-corrected chi connectivity index (χ3v) is 9.27. The monoisotopic (exact) mass is 546 g/mol. The number of benzene rings is 2. The lowest BCUT2D eigenvalue weighted by Gasteiger charge is -2.12. The van der Waals surface area contributed by atoms with E-state index in [2.05, 4.69) is 10.2 Å². The molecule has 0 N–H and O–H groups in total. The minimum Gasteiger partial charge on any atom is -0.268 e. The molecule has 3 aromatic heterocycles. The standard InChI is InChI=1S/C24H17Cl3N4OS2/c25-13-8-10-14(11-9-13)30-21(32)20-15-4-1-2-7-19(15)34-22(20)31-23(30)28-29-24(31)33-12-16-17(26)5-3-6-18(16)27/h3,5-6,8-11H,1-2,4,7,12H2. The van der Waals surface area contributed by atoms with Crippen molar-refractivity contribution >= 4 is 73.9 Å². The summed E-state index contributed by atoms with van der Waals surface area (Å²) in [4.78, 5) is 16.0. The predicted octanol–water partition coefficient (Wildman–Crippen LogP) is 7.23. The minimum absolute atomic E-state index is 0.0673. The first-order chi connectivity index (χ1) is 16.5. The zero-order valence-corrected chi connectivity index (χ0v) is 21.6. The van der Waals surface area contributed by atoms with Crippen LogP contribution in [0.1, 0.15) is 28.8 Å². The summed E-state index contributed by atoms with van der Waals surface area (Å²) in [5.41, 5.74) is 2.65. The van der Waals surface area contributed by atoms with Gasteiger partial charge in [0.15, 0.2) is 5.16 Å². The highest BCUT2D eigenvalue weighted by molar-refractivity contribution is 7.98. The number of thiophene rings is 1. The lowest BCUT2D eigenvalue weighted by molar-refractivity contribution is 0.699. The van der Waals surface area contributed by atoms with Crippen molar-refractivity contribution in [1.82, 2.24) is 19.2 Å². The Labute approximate surface area is 218 Å². The number of fused-ring (bicyclic) bond motifs is 5. The Morgan fingerprint density at radius 3 is 2.47 bits per heavy atom. The zero-order valence-electron chi connectivity index (χ0n) is 17.7. The maximum atomic E-state index is 13.9. The van der Waals surface area contributed by atoms with Crippen molar-refractivity contribution in [2.45, 2.75) is 36.6 Å². The molecule has 2 aromatic carbocycles. The molecule has 0 fully saturated rings. The number of hydrogen-bond donors (Lipinski definition) is 0. The van der Waals surface area contributed by atoms with Gasteiger partial charge in [0.05, 0.1) is 11.1 Å². The highest BCUT2D eigenvalue weighted by Gasteiger charge is 2.25. The van der Waals surface area contributed by atoms with Crippen molar-refractivity contribution in [3.63, 3.8) is 0 Å². The van der Waals surface area contributed by atoms with E-state index in [0.29, 0.717) is 37.4 Å². The smallest absolute Gasteiger partial charge is 0.268 e. The van der Waals surface area contributed by atoms with E-state index in [-0.39, 0.29) is 5.56 Å². The van der Waals surface area contributed by atoms with Crippen LogP contribution in [0.25, 0.3) is 21.7 Å². The van der Waals surface area contributed by atoms with Crippen molar-refractivity contribution in [3.8, 4) is 5.69 Å². The Morgan fingerprint density at radius 1 is 0.971 bits per heavy atom. The maximum Gasteiger partial charge on any atom is 0.268 e. The van der Waals surface area contributed by atoms with Gasteiger partial charge in [0.1, 0.15) is 4.83 Å². The van der Waals surface area contributed by atoms with Crippen LogP contribution < -0.4 is 5.56 Å². The minimum atomic E-state index is -0.0673. The largest absolute Gasteiger partial charge is 0.268 e. The summed E-state index contributed by atoms with van der Waals surface area (Å²) in [6.45, 7) is 0. The van der Waals surface area contributed by atoms with Crippen molar-refractivity contribution in [3.05, 3.63) is 83.9 Å². The molecule has 0 amide bonds. The molecule has 6 rings (SSSR count). The van der Waals surface area contributed by atoms with Gasteiger partial charge in [0.25, 0.3) is 5.56 Å². The van der Waals surface area contributed by atoms with Crippen LogP contribution in [-0.4, -0.2) is 19.2 Å². The van der Waals surface area contributed by atoms with Crippen LogP contribution in [0.2, 0.25) is 15.1 Å². The summed E-state index contributed by atoms with van der Waals surface area (Å²) in [6.07, 6.45) is 4.14. The number of thioether (sulfide) groups is 1. The lowest BCUT2D eigenvalue weighted by atomic mass is 9.97. The van der Waals surface area contributed by atoms with Crippen LogP contribution in [-0.2, 0) is 18.6 Å².